The molecule has 1 aliphatic heterocycles. The van der Waals surface area contributed by atoms with Crippen LogP contribution in [0.3, 0.4) is 0 Å². The molecule has 1 aliphatic rings. The van der Waals surface area contributed by atoms with E-state index in [-0.39, 0.29) is 11.4 Å². The smallest absolute Gasteiger partial charge is 0.312 e. The van der Waals surface area contributed by atoms with Crippen LogP contribution >= 0.6 is 0 Å². The minimum Gasteiger partial charge on any atom is -0.426 e. The van der Waals surface area contributed by atoms with Gasteiger partial charge in [-0.2, -0.15) is 0 Å². The summed E-state index contributed by atoms with van der Waals surface area (Å²) in [7, 11) is 0. The first-order valence-corrected chi connectivity index (χ1v) is 8.50. The van der Waals surface area contributed by atoms with E-state index in [1.807, 2.05) is 30.3 Å². The Bertz CT molecular complexity index is 708. The van der Waals surface area contributed by atoms with Gasteiger partial charge in [-0.15, -0.1) is 0 Å². The highest BCUT2D eigenvalue weighted by Gasteiger charge is 2.37. The quantitative estimate of drug-likeness (QED) is 0.444. The van der Waals surface area contributed by atoms with Crippen LogP contribution in [0.5, 0.6) is 5.75 Å². The van der Waals surface area contributed by atoms with Crippen molar-refractivity contribution >= 4 is 5.97 Å². The van der Waals surface area contributed by atoms with E-state index in [4.69, 9.17) is 9.47 Å². The average Bonchev–Trinajstić information content (AvgIpc) is 2.56. The van der Waals surface area contributed by atoms with Crippen molar-refractivity contribution in [3.8, 4) is 5.75 Å². The van der Waals surface area contributed by atoms with Crippen molar-refractivity contribution in [1.29, 1.82) is 0 Å². The Kier molecular flexibility index (Phi) is 5.00. The number of esters is 1. The molecule has 126 valence electrons. The summed E-state index contributed by atoms with van der Waals surface area (Å²) in [5.41, 5.74) is 3.35. The summed E-state index contributed by atoms with van der Waals surface area (Å²) < 4.78 is 11.2. The second-order valence-corrected chi connectivity index (χ2v) is 6.85. The summed E-state index contributed by atoms with van der Waals surface area (Å²) in [6, 6.07) is 16.2. The summed E-state index contributed by atoms with van der Waals surface area (Å²) >= 11 is 0. The molecule has 0 fully saturated rings. The van der Waals surface area contributed by atoms with Crippen molar-refractivity contribution in [3.05, 3.63) is 65.2 Å². The fourth-order valence-electron chi connectivity index (χ4n) is 3.33. The first-order valence-electron chi connectivity index (χ1n) is 8.50. The monoisotopic (exact) mass is 324 g/mol. The Labute approximate surface area is 143 Å². The van der Waals surface area contributed by atoms with Gasteiger partial charge in [-0.3, -0.25) is 4.79 Å². The van der Waals surface area contributed by atoms with Crippen molar-refractivity contribution < 1.29 is 14.3 Å². The molecule has 2 aromatic carbocycles. The summed E-state index contributed by atoms with van der Waals surface area (Å²) in [4.78, 5) is 11.9. The van der Waals surface area contributed by atoms with Crippen molar-refractivity contribution in [2.45, 2.75) is 45.1 Å². The second-order valence-electron chi connectivity index (χ2n) is 6.85. The maximum atomic E-state index is 11.9. The van der Waals surface area contributed by atoms with Gasteiger partial charge >= 0.3 is 5.97 Å². The van der Waals surface area contributed by atoms with Crippen LogP contribution in [0.1, 0.15) is 42.9 Å². The molecular formula is C21H24O3. The van der Waals surface area contributed by atoms with Gasteiger partial charge in [0.15, 0.2) is 0 Å². The molecule has 1 atom stereocenters. The lowest BCUT2D eigenvalue weighted by Gasteiger charge is -2.34. The number of hydrogen-bond donors (Lipinski definition) is 0. The molecule has 3 nitrogen and oxygen atoms in total. The lowest BCUT2D eigenvalue weighted by Crippen LogP contribution is -2.33. The summed E-state index contributed by atoms with van der Waals surface area (Å²) in [6.45, 7) is 5.55. The Morgan fingerprint density at radius 1 is 1.17 bits per heavy atom. The molecule has 0 aromatic heterocycles. The Balaban J connectivity index is 1.58. The first kappa shape index (κ1) is 16.7. The van der Waals surface area contributed by atoms with Gasteiger partial charge in [0.1, 0.15) is 5.75 Å². The lowest BCUT2D eigenvalue weighted by atomic mass is 9.74. The number of hydrogen-bond acceptors (Lipinski definition) is 3. The van der Waals surface area contributed by atoms with E-state index in [1.165, 1.54) is 11.1 Å². The highest BCUT2D eigenvalue weighted by atomic mass is 16.5. The van der Waals surface area contributed by atoms with E-state index in [9.17, 15) is 4.79 Å². The lowest BCUT2D eigenvalue weighted by molar-refractivity contribution is -0.137. The SMILES string of the molecule is Cc1ccc2c(c1)[C@@](C)(CCCOCc1ccccc1)CC(=O)O2. The van der Waals surface area contributed by atoms with Crippen LogP contribution in [-0.2, 0) is 21.6 Å². The van der Waals surface area contributed by atoms with E-state index in [0.29, 0.717) is 25.4 Å². The topological polar surface area (TPSA) is 35.5 Å². The number of aryl methyl sites for hydroxylation is 1. The van der Waals surface area contributed by atoms with Gasteiger partial charge in [0, 0.05) is 17.6 Å². The van der Waals surface area contributed by atoms with Crippen LogP contribution < -0.4 is 4.74 Å². The molecule has 0 saturated carbocycles. The highest BCUT2D eigenvalue weighted by Crippen LogP contribution is 2.42. The largest absolute Gasteiger partial charge is 0.426 e. The second kappa shape index (κ2) is 7.18. The first-order chi connectivity index (χ1) is 11.6. The van der Waals surface area contributed by atoms with E-state index < -0.39 is 0 Å². The molecule has 0 unspecified atom stereocenters. The molecule has 0 aliphatic carbocycles. The highest BCUT2D eigenvalue weighted by molar-refractivity contribution is 5.77. The standard InChI is InChI=1S/C21H24O3/c1-16-9-10-19-18(13-16)21(2,14-20(22)24-19)11-6-12-23-15-17-7-4-3-5-8-17/h3-5,7-10,13H,6,11-12,14-15H2,1-2H3/t21-/m0/s1. The normalized spacial score (nSPS) is 19.7. The zero-order valence-corrected chi connectivity index (χ0v) is 14.4. The van der Waals surface area contributed by atoms with Gasteiger partial charge in [0.25, 0.3) is 0 Å². The molecule has 0 spiro atoms. The fraction of sp³-hybridized carbons (Fsp3) is 0.381. The van der Waals surface area contributed by atoms with Crippen LogP contribution in [-0.4, -0.2) is 12.6 Å². The van der Waals surface area contributed by atoms with Crippen molar-refractivity contribution in [2.75, 3.05) is 6.61 Å². The Morgan fingerprint density at radius 3 is 2.75 bits per heavy atom. The maximum absolute atomic E-state index is 11.9. The minimum atomic E-state index is -0.174. The van der Waals surface area contributed by atoms with Crippen molar-refractivity contribution in [1.82, 2.24) is 0 Å². The van der Waals surface area contributed by atoms with Crippen LogP contribution in [0, 0.1) is 6.92 Å². The van der Waals surface area contributed by atoms with Gasteiger partial charge in [-0.1, -0.05) is 55.0 Å². The predicted molar refractivity (Wildman–Crippen MR) is 94.1 cm³/mol. The molecule has 24 heavy (non-hydrogen) atoms. The fourth-order valence-corrected chi connectivity index (χ4v) is 3.33. The number of ether oxygens (including phenoxy) is 2. The molecule has 3 rings (SSSR count). The van der Waals surface area contributed by atoms with Gasteiger partial charge < -0.3 is 9.47 Å². The van der Waals surface area contributed by atoms with Crippen LogP contribution in [0.15, 0.2) is 48.5 Å². The molecule has 0 saturated heterocycles. The summed E-state index contributed by atoms with van der Waals surface area (Å²) in [5, 5.41) is 0. The van der Waals surface area contributed by atoms with Gasteiger partial charge in [0.2, 0.25) is 0 Å². The third kappa shape index (κ3) is 3.85. The van der Waals surface area contributed by atoms with E-state index in [1.54, 1.807) is 0 Å². The van der Waals surface area contributed by atoms with E-state index in [2.05, 4.69) is 32.0 Å². The molecule has 0 radical (unpaired) electrons. The van der Waals surface area contributed by atoms with E-state index in [0.717, 1.165) is 18.4 Å². The van der Waals surface area contributed by atoms with Gasteiger partial charge in [-0.25, -0.2) is 0 Å². The van der Waals surface area contributed by atoms with Gasteiger partial charge in [0.05, 0.1) is 13.0 Å². The molecular weight excluding hydrogens is 300 g/mol. The third-order valence-electron chi connectivity index (χ3n) is 4.67. The van der Waals surface area contributed by atoms with Crippen LogP contribution in [0.2, 0.25) is 0 Å². The Morgan fingerprint density at radius 2 is 1.96 bits per heavy atom. The summed E-state index contributed by atoms with van der Waals surface area (Å²) in [6.07, 6.45) is 2.26. The third-order valence-corrected chi connectivity index (χ3v) is 4.67. The van der Waals surface area contributed by atoms with Crippen molar-refractivity contribution in [3.63, 3.8) is 0 Å². The Hall–Kier alpha value is -2.13. The number of fused-ring (bicyclic) bond motifs is 1. The van der Waals surface area contributed by atoms with Crippen LogP contribution in [0.4, 0.5) is 0 Å². The number of benzene rings is 2. The molecule has 0 amide bonds. The molecule has 0 bridgehead atoms. The minimum absolute atomic E-state index is 0.140. The molecule has 0 N–H and O–H groups in total. The molecule has 3 heteroatoms. The molecule has 2 aromatic rings. The number of carbonyl (C=O) groups is 1. The number of rotatable bonds is 6. The average molecular weight is 324 g/mol. The van der Waals surface area contributed by atoms with Crippen LogP contribution in [0.25, 0.3) is 0 Å². The zero-order chi connectivity index (χ0) is 17.0. The predicted octanol–water partition coefficient (Wildman–Crippen LogP) is 4.56. The van der Waals surface area contributed by atoms with Crippen molar-refractivity contribution in [2.24, 2.45) is 0 Å². The molecule has 1 heterocycles. The van der Waals surface area contributed by atoms with E-state index >= 15 is 0 Å². The number of carbonyl (C=O) groups excluding carboxylic acids is 1. The van der Waals surface area contributed by atoms with Gasteiger partial charge in [-0.05, 0) is 31.4 Å². The summed E-state index contributed by atoms with van der Waals surface area (Å²) in [5.74, 6) is 0.573. The maximum Gasteiger partial charge on any atom is 0.312 e. The zero-order valence-electron chi connectivity index (χ0n) is 14.4.